The van der Waals surface area contributed by atoms with Crippen LogP contribution in [0.4, 0.5) is 11.4 Å². The Morgan fingerprint density at radius 1 is 0.667 bits per heavy atom. The first-order valence-corrected chi connectivity index (χ1v) is 10.6. The van der Waals surface area contributed by atoms with Gasteiger partial charge in [-0.05, 0) is 32.0 Å². The number of benzene rings is 1. The Kier molecular flexibility index (Phi) is 16.3. The summed E-state index contributed by atoms with van der Waals surface area (Å²) in [5, 5.41) is 6.82. The fraction of sp³-hybridized carbons (Fsp3) is 0.727. The molecule has 0 amide bonds. The second kappa shape index (κ2) is 18.4. The lowest BCUT2D eigenvalue weighted by Gasteiger charge is -2.17. The van der Waals surface area contributed by atoms with Gasteiger partial charge >= 0.3 is 0 Å². The van der Waals surface area contributed by atoms with Crippen molar-refractivity contribution in [3.63, 3.8) is 0 Å². The van der Waals surface area contributed by atoms with Crippen LogP contribution in [0.1, 0.15) is 13.8 Å². The Balaban J connectivity index is 2.16. The monoisotopic (exact) mass is 428 g/mol. The lowest BCUT2D eigenvalue weighted by atomic mass is 10.2. The van der Waals surface area contributed by atoms with E-state index in [1.165, 1.54) is 0 Å². The molecule has 0 aliphatic carbocycles. The molecular formula is C22H40N2O6. The molecule has 2 N–H and O–H groups in total. The van der Waals surface area contributed by atoms with Crippen LogP contribution >= 0.6 is 0 Å². The fourth-order valence-corrected chi connectivity index (χ4v) is 2.49. The van der Waals surface area contributed by atoms with Crippen LogP contribution in [-0.4, -0.2) is 92.4 Å². The van der Waals surface area contributed by atoms with Gasteiger partial charge in [-0.15, -0.1) is 0 Å². The summed E-state index contributed by atoms with van der Waals surface area (Å²) in [6.45, 7) is 10.2. The van der Waals surface area contributed by atoms with E-state index in [4.69, 9.17) is 28.4 Å². The zero-order valence-corrected chi connectivity index (χ0v) is 19.0. The van der Waals surface area contributed by atoms with Gasteiger partial charge in [0.1, 0.15) is 0 Å². The summed E-state index contributed by atoms with van der Waals surface area (Å²) in [6, 6.07) is 8.20. The van der Waals surface area contributed by atoms with Crippen LogP contribution in [0.3, 0.4) is 0 Å². The van der Waals surface area contributed by atoms with Crippen molar-refractivity contribution < 1.29 is 28.4 Å². The van der Waals surface area contributed by atoms with Crippen molar-refractivity contribution in [2.24, 2.45) is 0 Å². The highest BCUT2D eigenvalue weighted by Gasteiger charge is 2.05. The van der Waals surface area contributed by atoms with Crippen molar-refractivity contribution in [3.8, 4) is 0 Å². The second-order valence-electron chi connectivity index (χ2n) is 6.92. The van der Waals surface area contributed by atoms with E-state index in [2.05, 4.69) is 16.7 Å². The maximum absolute atomic E-state index is 5.74. The van der Waals surface area contributed by atoms with Crippen LogP contribution in [0.5, 0.6) is 0 Å². The van der Waals surface area contributed by atoms with Crippen LogP contribution in [0.25, 0.3) is 0 Å². The van der Waals surface area contributed by atoms with Crippen molar-refractivity contribution in [2.45, 2.75) is 26.1 Å². The number of rotatable bonds is 20. The number of methoxy groups -OCH3 is 2. The van der Waals surface area contributed by atoms with E-state index in [9.17, 15) is 0 Å². The second-order valence-corrected chi connectivity index (χ2v) is 6.92. The first kappa shape index (κ1) is 26.6. The minimum Gasteiger partial charge on any atom is -0.382 e. The molecule has 8 heteroatoms. The first-order valence-electron chi connectivity index (χ1n) is 10.6. The van der Waals surface area contributed by atoms with Gasteiger partial charge in [-0.25, -0.2) is 0 Å². The van der Waals surface area contributed by atoms with Gasteiger partial charge < -0.3 is 39.1 Å². The predicted octanol–water partition coefficient (Wildman–Crippen LogP) is 2.65. The highest BCUT2D eigenvalue weighted by atomic mass is 16.5. The third-order valence-corrected chi connectivity index (χ3v) is 4.17. The van der Waals surface area contributed by atoms with Crippen LogP contribution < -0.4 is 10.6 Å². The molecule has 1 rings (SSSR count). The van der Waals surface area contributed by atoms with E-state index in [1.54, 1.807) is 14.2 Å². The average Bonchev–Trinajstić information content (AvgIpc) is 2.76. The van der Waals surface area contributed by atoms with Gasteiger partial charge in [0.05, 0.1) is 65.1 Å². The molecule has 0 spiro atoms. The van der Waals surface area contributed by atoms with E-state index < -0.39 is 0 Å². The van der Waals surface area contributed by atoms with Gasteiger partial charge in [-0.3, -0.25) is 0 Å². The Labute approximate surface area is 181 Å². The van der Waals surface area contributed by atoms with E-state index in [-0.39, 0.29) is 12.2 Å². The lowest BCUT2D eigenvalue weighted by molar-refractivity contribution is 0.00356. The molecule has 0 aliphatic heterocycles. The third kappa shape index (κ3) is 14.5. The van der Waals surface area contributed by atoms with Gasteiger partial charge in [0.25, 0.3) is 0 Å². The largest absolute Gasteiger partial charge is 0.382 e. The van der Waals surface area contributed by atoms with Gasteiger partial charge in [0, 0.05) is 38.7 Å². The molecule has 0 saturated carbocycles. The third-order valence-electron chi connectivity index (χ3n) is 4.17. The number of anilines is 2. The molecule has 0 aliphatic rings. The maximum Gasteiger partial charge on any atom is 0.0720 e. The predicted molar refractivity (Wildman–Crippen MR) is 120 cm³/mol. The average molecular weight is 429 g/mol. The van der Waals surface area contributed by atoms with E-state index in [0.29, 0.717) is 52.9 Å². The summed E-state index contributed by atoms with van der Waals surface area (Å²) in [6.07, 6.45) is 0.180. The summed E-state index contributed by atoms with van der Waals surface area (Å²) < 4.78 is 32.1. The molecule has 174 valence electrons. The molecule has 0 unspecified atom stereocenters. The van der Waals surface area contributed by atoms with E-state index in [1.807, 2.05) is 32.0 Å². The van der Waals surface area contributed by atoms with E-state index >= 15 is 0 Å². The lowest BCUT2D eigenvalue weighted by Crippen LogP contribution is -2.23. The van der Waals surface area contributed by atoms with Crippen molar-refractivity contribution >= 4 is 11.4 Å². The summed E-state index contributed by atoms with van der Waals surface area (Å²) in [5.41, 5.74) is 2.10. The number of hydrogen-bond donors (Lipinski definition) is 2. The molecule has 30 heavy (non-hydrogen) atoms. The van der Waals surface area contributed by atoms with Gasteiger partial charge in [0.2, 0.25) is 0 Å². The Morgan fingerprint density at radius 2 is 1.10 bits per heavy atom. The van der Waals surface area contributed by atoms with Crippen LogP contribution in [-0.2, 0) is 28.4 Å². The van der Waals surface area contributed by atoms with Crippen molar-refractivity contribution in [1.29, 1.82) is 0 Å². The summed E-state index contributed by atoms with van der Waals surface area (Å²) in [5.74, 6) is 0. The molecule has 0 saturated heterocycles. The molecule has 1 aromatic carbocycles. The highest BCUT2D eigenvalue weighted by Crippen LogP contribution is 2.15. The normalized spacial score (nSPS) is 13.2. The minimum absolute atomic E-state index is 0.0900. The van der Waals surface area contributed by atoms with Crippen molar-refractivity contribution in [2.75, 3.05) is 90.8 Å². The SMILES string of the molecule is COCCOCCO[C@H](C)CNc1cccc(NC[C@@H](C)OCCOCCOC)c1. The molecule has 0 fully saturated rings. The molecule has 0 radical (unpaired) electrons. The smallest absolute Gasteiger partial charge is 0.0720 e. The van der Waals surface area contributed by atoms with Crippen LogP contribution in [0.15, 0.2) is 24.3 Å². The highest BCUT2D eigenvalue weighted by molar-refractivity contribution is 5.56. The summed E-state index contributed by atoms with van der Waals surface area (Å²) in [4.78, 5) is 0. The standard InChI is InChI=1S/C22H40N2O6/c1-19(29-14-12-27-10-8-25-3)17-23-21-6-5-7-22(16-21)24-18-20(2)30-15-13-28-11-9-26-4/h5-7,16,19-20,23-24H,8-15,17-18H2,1-4H3/t19-,20-/m1/s1. The fourth-order valence-electron chi connectivity index (χ4n) is 2.49. The first-order chi connectivity index (χ1) is 14.7. The van der Waals surface area contributed by atoms with E-state index in [0.717, 1.165) is 24.5 Å². The van der Waals surface area contributed by atoms with Gasteiger partial charge in [-0.2, -0.15) is 0 Å². The number of nitrogens with one attached hydrogen (secondary N) is 2. The van der Waals surface area contributed by atoms with Gasteiger partial charge in [0.15, 0.2) is 0 Å². The zero-order chi connectivity index (χ0) is 21.9. The Bertz CT molecular complexity index is 479. The number of hydrogen-bond acceptors (Lipinski definition) is 8. The summed E-state index contributed by atoms with van der Waals surface area (Å²) >= 11 is 0. The molecule has 2 atom stereocenters. The number of ether oxygens (including phenoxy) is 6. The van der Waals surface area contributed by atoms with Crippen LogP contribution in [0, 0.1) is 0 Å². The summed E-state index contributed by atoms with van der Waals surface area (Å²) in [7, 11) is 3.32. The van der Waals surface area contributed by atoms with Gasteiger partial charge in [-0.1, -0.05) is 6.07 Å². The molecule has 8 nitrogen and oxygen atoms in total. The molecular weight excluding hydrogens is 388 g/mol. The van der Waals surface area contributed by atoms with Crippen LogP contribution in [0.2, 0.25) is 0 Å². The Morgan fingerprint density at radius 3 is 1.53 bits per heavy atom. The molecule has 0 heterocycles. The quantitative estimate of drug-likeness (QED) is 0.307. The Hall–Kier alpha value is -1.42. The topological polar surface area (TPSA) is 79.4 Å². The maximum atomic E-state index is 5.74. The van der Waals surface area contributed by atoms with Crippen molar-refractivity contribution in [3.05, 3.63) is 24.3 Å². The molecule has 1 aromatic rings. The molecule has 0 aromatic heterocycles. The molecule has 0 bridgehead atoms. The minimum atomic E-state index is 0.0900. The van der Waals surface area contributed by atoms with Crippen molar-refractivity contribution in [1.82, 2.24) is 0 Å². The zero-order valence-electron chi connectivity index (χ0n) is 19.0.